The minimum atomic E-state index is 0.596. The van der Waals surface area contributed by atoms with Gasteiger partial charge in [-0.05, 0) is 44.3 Å². The van der Waals surface area contributed by atoms with Gasteiger partial charge in [-0.2, -0.15) is 0 Å². The third-order valence-corrected chi connectivity index (χ3v) is 4.68. The molecule has 2 heterocycles. The lowest BCUT2D eigenvalue weighted by Gasteiger charge is -2.32. The Morgan fingerprint density at radius 2 is 2.41 bits per heavy atom. The van der Waals surface area contributed by atoms with Crippen LogP contribution in [0.3, 0.4) is 0 Å². The Hall–Kier alpha value is -0.380. The van der Waals surface area contributed by atoms with Crippen LogP contribution in [-0.2, 0) is 0 Å². The van der Waals surface area contributed by atoms with E-state index in [0.717, 1.165) is 0 Å². The molecule has 17 heavy (non-hydrogen) atoms. The van der Waals surface area contributed by atoms with Crippen molar-refractivity contribution in [2.75, 3.05) is 20.1 Å². The lowest BCUT2D eigenvalue weighted by atomic mass is 10.0. The second-order valence-corrected chi connectivity index (χ2v) is 6.01. The summed E-state index contributed by atoms with van der Waals surface area (Å²) in [6.07, 6.45) is 5.28. The highest BCUT2D eigenvalue weighted by atomic mass is 32.1. The van der Waals surface area contributed by atoms with E-state index < -0.39 is 0 Å². The van der Waals surface area contributed by atoms with Crippen LogP contribution in [0, 0.1) is 0 Å². The van der Waals surface area contributed by atoms with E-state index in [1.54, 1.807) is 0 Å². The summed E-state index contributed by atoms with van der Waals surface area (Å²) in [7, 11) is 2.27. The highest BCUT2D eigenvalue weighted by molar-refractivity contribution is 7.10. The monoisotopic (exact) mass is 252 g/mol. The highest BCUT2D eigenvalue weighted by Gasteiger charge is 2.20. The molecule has 1 N–H and O–H groups in total. The van der Waals surface area contributed by atoms with Gasteiger partial charge in [0.25, 0.3) is 0 Å². The average Bonchev–Trinajstić information content (AvgIpc) is 2.85. The van der Waals surface area contributed by atoms with E-state index in [1.807, 2.05) is 11.3 Å². The van der Waals surface area contributed by atoms with Crippen molar-refractivity contribution in [3.63, 3.8) is 0 Å². The Bertz CT molecular complexity index is 304. The molecule has 96 valence electrons. The van der Waals surface area contributed by atoms with E-state index in [9.17, 15) is 0 Å². The van der Waals surface area contributed by atoms with Crippen LogP contribution < -0.4 is 5.32 Å². The molecule has 2 unspecified atom stereocenters. The summed E-state index contributed by atoms with van der Waals surface area (Å²) in [5, 5.41) is 5.82. The maximum absolute atomic E-state index is 3.64. The van der Waals surface area contributed by atoms with Gasteiger partial charge in [0.05, 0.1) is 0 Å². The lowest BCUT2D eigenvalue weighted by Crippen LogP contribution is -2.43. The molecule has 0 radical (unpaired) electrons. The molecule has 1 fully saturated rings. The topological polar surface area (TPSA) is 15.3 Å². The van der Waals surface area contributed by atoms with E-state index in [1.165, 1.54) is 43.6 Å². The summed E-state index contributed by atoms with van der Waals surface area (Å²) in [6.45, 7) is 4.67. The first-order chi connectivity index (χ1) is 8.31. The number of hydrogen-bond donors (Lipinski definition) is 1. The third-order valence-electron chi connectivity index (χ3n) is 3.71. The molecule has 0 spiro atoms. The van der Waals surface area contributed by atoms with Gasteiger partial charge in [-0.25, -0.2) is 0 Å². The number of thiophene rings is 1. The van der Waals surface area contributed by atoms with E-state index >= 15 is 0 Å². The summed E-state index contributed by atoms with van der Waals surface area (Å²) in [6, 6.07) is 5.72. The molecule has 1 saturated heterocycles. The molecule has 1 aromatic rings. The van der Waals surface area contributed by atoms with E-state index in [0.29, 0.717) is 12.1 Å². The SMILES string of the molecule is CCC(c1cccs1)N(C)CC1CCCCN1. The molecule has 0 saturated carbocycles. The second kappa shape index (κ2) is 6.53. The first kappa shape index (κ1) is 13.1. The van der Waals surface area contributed by atoms with Crippen LogP contribution in [0.15, 0.2) is 17.5 Å². The molecule has 3 heteroatoms. The molecule has 1 aliphatic heterocycles. The van der Waals surface area contributed by atoms with Gasteiger partial charge in [0.1, 0.15) is 0 Å². The van der Waals surface area contributed by atoms with Crippen molar-refractivity contribution in [2.45, 2.75) is 44.7 Å². The molecule has 0 aromatic carbocycles. The molecular weight excluding hydrogens is 228 g/mol. The van der Waals surface area contributed by atoms with E-state index in [-0.39, 0.29) is 0 Å². The van der Waals surface area contributed by atoms with Crippen molar-refractivity contribution in [1.29, 1.82) is 0 Å². The summed E-state index contributed by atoms with van der Waals surface area (Å²) in [4.78, 5) is 4.03. The zero-order valence-electron chi connectivity index (χ0n) is 11.0. The average molecular weight is 252 g/mol. The fourth-order valence-corrected chi connectivity index (χ4v) is 3.74. The maximum atomic E-state index is 3.64. The van der Waals surface area contributed by atoms with Gasteiger partial charge >= 0.3 is 0 Å². The second-order valence-electron chi connectivity index (χ2n) is 5.03. The van der Waals surface area contributed by atoms with Gasteiger partial charge in [0.2, 0.25) is 0 Å². The van der Waals surface area contributed by atoms with E-state index in [2.05, 4.69) is 41.7 Å². The molecule has 2 atom stereocenters. The molecule has 0 bridgehead atoms. The van der Waals surface area contributed by atoms with Crippen molar-refractivity contribution < 1.29 is 0 Å². The third kappa shape index (κ3) is 3.54. The minimum Gasteiger partial charge on any atom is -0.313 e. The van der Waals surface area contributed by atoms with Crippen LogP contribution in [0.1, 0.15) is 43.5 Å². The Balaban J connectivity index is 1.90. The van der Waals surface area contributed by atoms with Crippen molar-refractivity contribution in [2.24, 2.45) is 0 Å². The van der Waals surface area contributed by atoms with Gasteiger partial charge in [0.15, 0.2) is 0 Å². The maximum Gasteiger partial charge on any atom is 0.0436 e. The van der Waals surface area contributed by atoms with Crippen LogP contribution in [0.2, 0.25) is 0 Å². The number of hydrogen-bond acceptors (Lipinski definition) is 3. The molecule has 0 aliphatic carbocycles. The predicted molar refractivity (Wildman–Crippen MR) is 75.6 cm³/mol. The van der Waals surface area contributed by atoms with Crippen LogP contribution >= 0.6 is 11.3 Å². The highest BCUT2D eigenvalue weighted by Crippen LogP contribution is 2.27. The van der Waals surface area contributed by atoms with Crippen LogP contribution in [0.25, 0.3) is 0 Å². The fraction of sp³-hybridized carbons (Fsp3) is 0.714. The smallest absolute Gasteiger partial charge is 0.0436 e. The first-order valence-corrected chi connectivity index (χ1v) is 7.66. The Labute approximate surface area is 109 Å². The van der Waals surface area contributed by atoms with Crippen molar-refractivity contribution in [3.05, 3.63) is 22.4 Å². The fourth-order valence-electron chi connectivity index (χ4n) is 2.77. The van der Waals surface area contributed by atoms with E-state index in [4.69, 9.17) is 0 Å². The largest absolute Gasteiger partial charge is 0.313 e. The standard InChI is InChI=1S/C14H24N2S/c1-3-13(14-8-6-10-17-14)16(2)11-12-7-4-5-9-15-12/h6,8,10,12-13,15H,3-5,7,9,11H2,1-2H3. The first-order valence-electron chi connectivity index (χ1n) is 6.78. The lowest BCUT2D eigenvalue weighted by molar-refractivity contribution is 0.201. The number of likely N-dealkylation sites (N-methyl/N-ethyl adjacent to an activating group) is 1. The van der Waals surface area contributed by atoms with Crippen LogP contribution in [0.5, 0.6) is 0 Å². The zero-order chi connectivity index (χ0) is 12.1. The normalized spacial score (nSPS) is 22.9. The zero-order valence-corrected chi connectivity index (χ0v) is 11.8. The van der Waals surface area contributed by atoms with Crippen molar-refractivity contribution in [1.82, 2.24) is 10.2 Å². The summed E-state index contributed by atoms with van der Waals surface area (Å²) >= 11 is 1.88. The van der Waals surface area contributed by atoms with Gasteiger partial charge < -0.3 is 5.32 Å². The van der Waals surface area contributed by atoms with Gasteiger partial charge in [-0.1, -0.05) is 19.4 Å². The minimum absolute atomic E-state index is 0.596. The van der Waals surface area contributed by atoms with Gasteiger partial charge in [-0.15, -0.1) is 11.3 Å². The molecule has 1 aromatic heterocycles. The number of nitrogens with zero attached hydrogens (tertiary/aromatic N) is 1. The molecule has 0 amide bonds. The Morgan fingerprint density at radius 3 is 3.00 bits per heavy atom. The number of rotatable bonds is 5. The van der Waals surface area contributed by atoms with Crippen LogP contribution in [0.4, 0.5) is 0 Å². The van der Waals surface area contributed by atoms with Crippen molar-refractivity contribution in [3.8, 4) is 0 Å². The van der Waals surface area contributed by atoms with Gasteiger partial charge in [0, 0.05) is 23.5 Å². The molecule has 1 aliphatic rings. The Morgan fingerprint density at radius 1 is 1.53 bits per heavy atom. The van der Waals surface area contributed by atoms with Crippen molar-refractivity contribution >= 4 is 11.3 Å². The summed E-state index contributed by atoms with van der Waals surface area (Å²) < 4.78 is 0. The number of piperidine rings is 1. The predicted octanol–water partition coefficient (Wildman–Crippen LogP) is 3.27. The quantitative estimate of drug-likeness (QED) is 0.865. The molecular formula is C14H24N2S. The summed E-state index contributed by atoms with van der Waals surface area (Å²) in [5.41, 5.74) is 0. The molecule has 2 rings (SSSR count). The number of nitrogens with one attached hydrogen (secondary N) is 1. The molecule has 2 nitrogen and oxygen atoms in total. The Kier molecular flexibility index (Phi) is 5.01. The van der Waals surface area contributed by atoms with Crippen LogP contribution in [-0.4, -0.2) is 31.1 Å². The summed E-state index contributed by atoms with van der Waals surface area (Å²) in [5.74, 6) is 0. The van der Waals surface area contributed by atoms with Gasteiger partial charge in [-0.3, -0.25) is 4.90 Å².